The molecule has 0 saturated heterocycles. The number of aromatic nitrogens is 2. The Bertz CT molecular complexity index is 724. The largest absolute Gasteiger partial charge is 0.478 e. The van der Waals surface area contributed by atoms with E-state index in [1.54, 1.807) is 13.8 Å². The van der Waals surface area contributed by atoms with Gasteiger partial charge in [-0.05, 0) is 35.8 Å². The van der Waals surface area contributed by atoms with Gasteiger partial charge in [-0.2, -0.15) is 5.10 Å². The minimum atomic E-state index is -1.24. The van der Waals surface area contributed by atoms with Crippen molar-refractivity contribution in [1.29, 1.82) is 0 Å². The van der Waals surface area contributed by atoms with E-state index < -0.39 is 10.9 Å². The molecule has 2 rings (SSSR count). The molecule has 0 aliphatic rings. The first kappa shape index (κ1) is 14.2. The third kappa shape index (κ3) is 2.29. The summed E-state index contributed by atoms with van der Waals surface area (Å²) in [6.07, 6.45) is 0. The van der Waals surface area contributed by atoms with Crippen LogP contribution in [0.3, 0.4) is 0 Å². The highest BCUT2D eigenvalue weighted by atomic mass is 79.9. The third-order valence-electron chi connectivity index (χ3n) is 2.85. The zero-order valence-corrected chi connectivity index (χ0v) is 12.2. The fraction of sp³-hybridized carbons (Fsp3) is 0.167. The fourth-order valence-corrected chi connectivity index (χ4v) is 2.10. The molecule has 1 aromatic carbocycles. The molecule has 0 unspecified atom stereocenters. The van der Waals surface area contributed by atoms with Gasteiger partial charge in [0, 0.05) is 12.1 Å². The van der Waals surface area contributed by atoms with E-state index in [0.717, 1.165) is 16.2 Å². The van der Waals surface area contributed by atoms with E-state index in [2.05, 4.69) is 21.0 Å². The Balaban J connectivity index is 2.70. The number of rotatable bonds is 3. The summed E-state index contributed by atoms with van der Waals surface area (Å²) in [5, 5.41) is 24.2. The number of aryl methyl sites for hydroxylation is 1. The van der Waals surface area contributed by atoms with Crippen molar-refractivity contribution in [3.05, 3.63) is 49.7 Å². The lowest BCUT2D eigenvalue weighted by Gasteiger charge is -2.08. The number of carbonyl (C=O) groups is 1. The summed E-state index contributed by atoms with van der Waals surface area (Å²) in [5.74, 6) is -1.24. The second-order valence-corrected chi connectivity index (χ2v) is 4.95. The summed E-state index contributed by atoms with van der Waals surface area (Å²) in [5.41, 5.74) is 1.27. The molecule has 1 N–H and O–H groups in total. The first-order chi connectivity index (χ1) is 9.32. The molecule has 2 aromatic rings. The Hall–Kier alpha value is -2.22. The van der Waals surface area contributed by atoms with Crippen LogP contribution in [-0.4, -0.2) is 25.8 Å². The highest BCUT2D eigenvalue weighted by Gasteiger charge is 2.20. The number of nitro groups is 1. The minimum Gasteiger partial charge on any atom is -0.478 e. The van der Waals surface area contributed by atoms with Crippen LogP contribution in [0.2, 0.25) is 0 Å². The molecule has 104 valence electrons. The quantitative estimate of drug-likeness (QED) is 0.684. The van der Waals surface area contributed by atoms with Crippen LogP contribution < -0.4 is 0 Å². The molecule has 8 heteroatoms. The molecule has 0 radical (unpaired) electrons. The van der Waals surface area contributed by atoms with Crippen molar-refractivity contribution in [2.24, 2.45) is 0 Å². The van der Waals surface area contributed by atoms with Crippen LogP contribution in [0.1, 0.15) is 21.7 Å². The number of hydrogen-bond donors (Lipinski definition) is 1. The number of nitrogens with zero attached hydrogens (tertiary/aromatic N) is 3. The summed E-state index contributed by atoms with van der Waals surface area (Å²) in [6, 6.07) is 3.67. The Morgan fingerprint density at radius 1 is 1.45 bits per heavy atom. The number of nitro benzene ring substituents is 1. The van der Waals surface area contributed by atoms with Gasteiger partial charge in [0.25, 0.3) is 5.69 Å². The molecule has 0 atom stereocenters. The van der Waals surface area contributed by atoms with E-state index in [-0.39, 0.29) is 16.9 Å². The third-order valence-corrected chi connectivity index (χ3v) is 4.00. The van der Waals surface area contributed by atoms with Crippen molar-refractivity contribution in [3.8, 4) is 5.69 Å². The summed E-state index contributed by atoms with van der Waals surface area (Å²) in [6.45, 7) is 3.55. The van der Waals surface area contributed by atoms with Crippen LogP contribution in [0.15, 0.2) is 22.7 Å². The molecule has 20 heavy (non-hydrogen) atoms. The maximum Gasteiger partial charge on any atom is 0.338 e. The molecular weight excluding hydrogens is 330 g/mol. The number of non-ortho nitro benzene ring substituents is 1. The van der Waals surface area contributed by atoms with Crippen LogP contribution in [0, 0.1) is 24.0 Å². The maximum atomic E-state index is 11.3. The molecule has 0 bridgehead atoms. The maximum absolute atomic E-state index is 11.3. The van der Waals surface area contributed by atoms with E-state index >= 15 is 0 Å². The zero-order valence-electron chi connectivity index (χ0n) is 10.6. The lowest BCUT2D eigenvalue weighted by atomic mass is 10.1. The first-order valence-electron chi connectivity index (χ1n) is 5.56. The molecule has 0 fully saturated rings. The molecule has 1 heterocycles. The number of benzene rings is 1. The normalized spacial score (nSPS) is 10.6. The van der Waals surface area contributed by atoms with Gasteiger partial charge in [-0.25, -0.2) is 9.48 Å². The lowest BCUT2D eigenvalue weighted by molar-refractivity contribution is -0.384. The van der Waals surface area contributed by atoms with Gasteiger partial charge in [0.2, 0.25) is 0 Å². The molecule has 0 saturated carbocycles. The molecule has 0 amide bonds. The van der Waals surface area contributed by atoms with Gasteiger partial charge >= 0.3 is 5.97 Å². The molecule has 0 aliphatic carbocycles. The van der Waals surface area contributed by atoms with Gasteiger partial charge in [0.05, 0.1) is 32.0 Å². The van der Waals surface area contributed by atoms with Crippen LogP contribution in [0.4, 0.5) is 5.69 Å². The van der Waals surface area contributed by atoms with Crippen molar-refractivity contribution in [2.45, 2.75) is 13.8 Å². The number of carboxylic acids is 1. The summed E-state index contributed by atoms with van der Waals surface area (Å²) >= 11 is 3.36. The zero-order chi connectivity index (χ0) is 15.0. The highest BCUT2D eigenvalue weighted by molar-refractivity contribution is 9.10. The van der Waals surface area contributed by atoms with Gasteiger partial charge in [-0.15, -0.1) is 0 Å². The number of carboxylic acid groups (broad SMARTS) is 1. The molecule has 0 aliphatic heterocycles. The summed E-state index contributed by atoms with van der Waals surface area (Å²) in [4.78, 5) is 21.4. The van der Waals surface area contributed by atoms with Crippen molar-refractivity contribution in [2.75, 3.05) is 0 Å². The predicted molar refractivity (Wildman–Crippen MR) is 74.4 cm³/mol. The number of halogens is 1. The molecule has 0 spiro atoms. The van der Waals surface area contributed by atoms with Gasteiger partial charge in [0.1, 0.15) is 0 Å². The van der Waals surface area contributed by atoms with E-state index in [1.807, 2.05) is 0 Å². The van der Waals surface area contributed by atoms with E-state index in [0.29, 0.717) is 5.69 Å². The molecular formula is C12H10BrN3O4. The van der Waals surface area contributed by atoms with Crippen molar-refractivity contribution >= 4 is 27.6 Å². The molecule has 7 nitrogen and oxygen atoms in total. The highest BCUT2D eigenvalue weighted by Crippen LogP contribution is 2.26. The van der Waals surface area contributed by atoms with Gasteiger partial charge in [0.15, 0.2) is 0 Å². The van der Waals surface area contributed by atoms with Gasteiger partial charge in [-0.3, -0.25) is 10.1 Å². The average Bonchev–Trinajstić information content (AvgIpc) is 2.65. The van der Waals surface area contributed by atoms with Gasteiger partial charge in [-0.1, -0.05) is 0 Å². The van der Waals surface area contributed by atoms with E-state index in [1.165, 1.54) is 16.8 Å². The van der Waals surface area contributed by atoms with Crippen LogP contribution >= 0.6 is 15.9 Å². The van der Waals surface area contributed by atoms with Crippen LogP contribution in [0.25, 0.3) is 5.69 Å². The fourth-order valence-electron chi connectivity index (χ4n) is 1.85. The Morgan fingerprint density at radius 2 is 2.10 bits per heavy atom. The number of aromatic carboxylic acids is 1. The van der Waals surface area contributed by atoms with Crippen LogP contribution in [0.5, 0.6) is 0 Å². The SMILES string of the molecule is Cc1nn(-c2ccc([N+](=O)[O-])cc2C(=O)O)c(C)c1Br. The smallest absolute Gasteiger partial charge is 0.338 e. The second-order valence-electron chi connectivity index (χ2n) is 4.16. The van der Waals surface area contributed by atoms with Crippen molar-refractivity contribution < 1.29 is 14.8 Å². The van der Waals surface area contributed by atoms with Crippen LogP contribution in [-0.2, 0) is 0 Å². The predicted octanol–water partition coefficient (Wildman–Crippen LogP) is 2.86. The Labute approximate surface area is 122 Å². The monoisotopic (exact) mass is 339 g/mol. The second kappa shape index (κ2) is 5.04. The average molecular weight is 340 g/mol. The number of hydrogen-bond acceptors (Lipinski definition) is 4. The molecule has 1 aromatic heterocycles. The Kier molecular flexibility index (Phi) is 3.58. The van der Waals surface area contributed by atoms with Crippen molar-refractivity contribution in [1.82, 2.24) is 9.78 Å². The first-order valence-corrected chi connectivity index (χ1v) is 6.36. The van der Waals surface area contributed by atoms with Crippen molar-refractivity contribution in [3.63, 3.8) is 0 Å². The minimum absolute atomic E-state index is 0.169. The Morgan fingerprint density at radius 3 is 2.55 bits per heavy atom. The summed E-state index contributed by atoms with van der Waals surface area (Å²) in [7, 11) is 0. The topological polar surface area (TPSA) is 98.3 Å². The standard InChI is InChI=1S/C12H10BrN3O4/c1-6-11(13)7(2)15(14-6)10-4-3-8(16(19)20)5-9(10)12(17)18/h3-5H,1-2H3,(H,17,18). The lowest BCUT2D eigenvalue weighted by Crippen LogP contribution is -2.08. The van der Waals surface area contributed by atoms with E-state index in [4.69, 9.17) is 0 Å². The summed E-state index contributed by atoms with van der Waals surface area (Å²) < 4.78 is 2.22. The van der Waals surface area contributed by atoms with E-state index in [9.17, 15) is 20.0 Å². The van der Waals surface area contributed by atoms with Gasteiger partial charge < -0.3 is 5.11 Å².